The predicted octanol–water partition coefficient (Wildman–Crippen LogP) is 3.11. The number of nitrogens with one attached hydrogen (secondary N) is 1. The van der Waals surface area contributed by atoms with Crippen molar-refractivity contribution in [3.8, 4) is 5.75 Å². The first-order chi connectivity index (χ1) is 9.65. The van der Waals surface area contributed by atoms with Gasteiger partial charge in [-0.2, -0.15) is 0 Å². The highest BCUT2D eigenvalue weighted by molar-refractivity contribution is 6.30. The maximum Gasteiger partial charge on any atom is 0.123 e. The molecule has 20 heavy (non-hydrogen) atoms. The number of halogens is 1. The van der Waals surface area contributed by atoms with Crippen molar-refractivity contribution in [2.75, 3.05) is 6.61 Å². The molecule has 108 valence electrons. The molecule has 0 unspecified atom stereocenters. The van der Waals surface area contributed by atoms with Crippen LogP contribution in [0.25, 0.3) is 0 Å². The van der Waals surface area contributed by atoms with Crippen LogP contribution in [-0.4, -0.2) is 22.2 Å². The molecule has 1 aromatic carbocycles. The summed E-state index contributed by atoms with van der Waals surface area (Å²) < 4.78 is 7.84. The predicted molar refractivity (Wildman–Crippen MR) is 81.1 cm³/mol. The minimum Gasteiger partial charge on any atom is -0.491 e. The molecule has 0 fully saturated rings. The molecule has 0 radical (unpaired) electrons. The summed E-state index contributed by atoms with van der Waals surface area (Å²) in [6.07, 6.45) is 5.47. The van der Waals surface area contributed by atoms with Gasteiger partial charge in [0.15, 0.2) is 0 Å². The Bertz CT molecular complexity index is 526. The molecule has 1 aromatic heterocycles. The van der Waals surface area contributed by atoms with E-state index in [1.165, 1.54) is 0 Å². The first-order valence-corrected chi connectivity index (χ1v) is 7.13. The lowest BCUT2D eigenvalue weighted by Gasteiger charge is -2.14. The number of benzene rings is 1. The van der Waals surface area contributed by atoms with E-state index in [0.717, 1.165) is 29.4 Å². The summed E-state index contributed by atoms with van der Waals surface area (Å²) in [7, 11) is 0. The first-order valence-electron chi connectivity index (χ1n) is 6.75. The van der Waals surface area contributed by atoms with Crippen LogP contribution in [0.1, 0.15) is 19.4 Å². The fourth-order valence-corrected chi connectivity index (χ4v) is 2.02. The highest BCUT2D eigenvalue weighted by atomic mass is 35.5. The normalized spacial score (nSPS) is 11.0. The van der Waals surface area contributed by atoms with Gasteiger partial charge in [0.25, 0.3) is 0 Å². The third-order valence-corrected chi connectivity index (χ3v) is 3.12. The Labute approximate surface area is 124 Å². The highest BCUT2D eigenvalue weighted by Crippen LogP contribution is 2.23. The third-order valence-electron chi connectivity index (χ3n) is 2.89. The molecule has 0 saturated heterocycles. The summed E-state index contributed by atoms with van der Waals surface area (Å²) >= 11 is 6.05. The number of hydrogen-bond acceptors (Lipinski definition) is 3. The van der Waals surface area contributed by atoms with Crippen molar-refractivity contribution in [1.82, 2.24) is 14.9 Å². The van der Waals surface area contributed by atoms with E-state index in [4.69, 9.17) is 16.3 Å². The van der Waals surface area contributed by atoms with Crippen LogP contribution in [-0.2, 0) is 13.1 Å². The van der Waals surface area contributed by atoms with Crippen molar-refractivity contribution in [3.05, 3.63) is 47.5 Å². The topological polar surface area (TPSA) is 39.1 Å². The Kier molecular flexibility index (Phi) is 5.44. The molecule has 1 N–H and O–H groups in total. The summed E-state index contributed by atoms with van der Waals surface area (Å²) in [5.74, 6) is 0.877. The molecule has 0 atom stereocenters. The van der Waals surface area contributed by atoms with Gasteiger partial charge in [0, 0.05) is 35.6 Å². The van der Waals surface area contributed by atoms with Gasteiger partial charge in [0.1, 0.15) is 12.4 Å². The van der Waals surface area contributed by atoms with Gasteiger partial charge in [0.2, 0.25) is 0 Å². The summed E-state index contributed by atoms with van der Waals surface area (Å²) in [5.41, 5.74) is 1.08. The van der Waals surface area contributed by atoms with E-state index in [2.05, 4.69) is 24.1 Å². The zero-order valence-electron chi connectivity index (χ0n) is 11.8. The molecule has 1 heterocycles. The van der Waals surface area contributed by atoms with E-state index < -0.39 is 0 Å². The molecule has 5 heteroatoms. The molecule has 2 rings (SSSR count). The quantitative estimate of drug-likeness (QED) is 0.852. The van der Waals surface area contributed by atoms with Crippen LogP contribution in [0.15, 0.2) is 36.9 Å². The second-order valence-electron chi connectivity index (χ2n) is 4.94. The zero-order chi connectivity index (χ0) is 14.4. The smallest absolute Gasteiger partial charge is 0.123 e. The van der Waals surface area contributed by atoms with Gasteiger partial charge in [-0.15, -0.1) is 0 Å². The Morgan fingerprint density at radius 1 is 1.40 bits per heavy atom. The lowest BCUT2D eigenvalue weighted by atomic mass is 10.2. The Hall–Kier alpha value is -1.52. The third kappa shape index (κ3) is 4.54. The van der Waals surface area contributed by atoms with Crippen molar-refractivity contribution in [3.63, 3.8) is 0 Å². The lowest BCUT2D eigenvalue weighted by Crippen LogP contribution is -2.22. The Morgan fingerprint density at radius 2 is 2.25 bits per heavy atom. The molecule has 0 bridgehead atoms. The van der Waals surface area contributed by atoms with E-state index in [1.807, 2.05) is 29.0 Å². The van der Waals surface area contributed by atoms with Crippen molar-refractivity contribution in [1.29, 1.82) is 0 Å². The van der Waals surface area contributed by atoms with E-state index in [9.17, 15) is 0 Å². The van der Waals surface area contributed by atoms with Crippen molar-refractivity contribution < 1.29 is 4.74 Å². The fraction of sp³-hybridized carbons (Fsp3) is 0.400. The maximum absolute atomic E-state index is 6.05. The SMILES string of the molecule is CC(C)NCc1cc(Cl)ccc1OCCn1ccnc1. The van der Waals surface area contributed by atoms with E-state index in [0.29, 0.717) is 12.6 Å². The summed E-state index contributed by atoms with van der Waals surface area (Å²) in [6.45, 7) is 6.36. The molecule has 0 aliphatic carbocycles. The molecule has 0 aliphatic rings. The molecule has 2 aromatic rings. The van der Waals surface area contributed by atoms with E-state index in [1.54, 1.807) is 12.5 Å². The minimum atomic E-state index is 0.424. The van der Waals surface area contributed by atoms with Crippen molar-refractivity contribution in [2.24, 2.45) is 0 Å². The second kappa shape index (κ2) is 7.31. The molecule has 0 aliphatic heterocycles. The van der Waals surface area contributed by atoms with Crippen LogP contribution in [0.5, 0.6) is 5.75 Å². The van der Waals surface area contributed by atoms with Crippen LogP contribution in [0.3, 0.4) is 0 Å². The van der Waals surface area contributed by atoms with Gasteiger partial charge in [-0.25, -0.2) is 4.98 Å². The largest absolute Gasteiger partial charge is 0.491 e. The summed E-state index contributed by atoms with van der Waals surface area (Å²) in [6, 6.07) is 6.15. The first kappa shape index (κ1) is 14.9. The van der Waals surface area contributed by atoms with E-state index in [-0.39, 0.29) is 0 Å². The average Bonchev–Trinajstić information content (AvgIpc) is 2.91. The summed E-state index contributed by atoms with van der Waals surface area (Å²) in [4.78, 5) is 4.01. The van der Waals surface area contributed by atoms with Gasteiger partial charge in [-0.1, -0.05) is 25.4 Å². The number of imidazole rings is 1. The Morgan fingerprint density at radius 3 is 2.95 bits per heavy atom. The van der Waals surface area contributed by atoms with Crippen molar-refractivity contribution >= 4 is 11.6 Å². The van der Waals surface area contributed by atoms with Crippen LogP contribution in [0.4, 0.5) is 0 Å². The maximum atomic E-state index is 6.05. The lowest BCUT2D eigenvalue weighted by molar-refractivity contribution is 0.294. The summed E-state index contributed by atoms with van der Waals surface area (Å²) in [5, 5.41) is 4.11. The van der Waals surface area contributed by atoms with Gasteiger partial charge < -0.3 is 14.6 Å². The average molecular weight is 294 g/mol. The monoisotopic (exact) mass is 293 g/mol. The number of aromatic nitrogens is 2. The molecule has 0 saturated carbocycles. The molecule has 0 amide bonds. The van der Waals surface area contributed by atoms with Gasteiger partial charge in [-0.05, 0) is 18.2 Å². The van der Waals surface area contributed by atoms with Crippen LogP contribution >= 0.6 is 11.6 Å². The van der Waals surface area contributed by atoms with Crippen LogP contribution in [0.2, 0.25) is 5.02 Å². The highest BCUT2D eigenvalue weighted by Gasteiger charge is 2.06. The van der Waals surface area contributed by atoms with Crippen LogP contribution < -0.4 is 10.1 Å². The number of rotatable bonds is 7. The molecule has 0 spiro atoms. The molecular formula is C15H20ClN3O. The van der Waals surface area contributed by atoms with Crippen molar-refractivity contribution in [2.45, 2.75) is 33.0 Å². The standard InChI is InChI=1S/C15H20ClN3O/c1-12(2)18-10-13-9-14(16)3-4-15(13)20-8-7-19-6-5-17-11-19/h3-6,9,11-12,18H,7-8,10H2,1-2H3. The van der Waals surface area contributed by atoms with Crippen LogP contribution in [0, 0.1) is 0 Å². The number of nitrogens with zero attached hydrogens (tertiary/aromatic N) is 2. The van der Waals surface area contributed by atoms with Gasteiger partial charge >= 0.3 is 0 Å². The molecule has 4 nitrogen and oxygen atoms in total. The number of hydrogen-bond donors (Lipinski definition) is 1. The fourth-order valence-electron chi connectivity index (χ4n) is 1.82. The number of ether oxygens (including phenoxy) is 1. The molecular weight excluding hydrogens is 274 g/mol. The minimum absolute atomic E-state index is 0.424. The second-order valence-corrected chi connectivity index (χ2v) is 5.37. The van der Waals surface area contributed by atoms with Gasteiger partial charge in [-0.3, -0.25) is 0 Å². The Balaban J connectivity index is 1.95. The van der Waals surface area contributed by atoms with E-state index >= 15 is 0 Å². The zero-order valence-corrected chi connectivity index (χ0v) is 12.6. The van der Waals surface area contributed by atoms with Gasteiger partial charge in [0.05, 0.1) is 12.9 Å².